The third-order valence-electron chi connectivity index (χ3n) is 2.25. The van der Waals surface area contributed by atoms with Crippen LogP contribution in [0.5, 0.6) is 0 Å². The molecule has 0 N–H and O–H groups in total. The highest BCUT2D eigenvalue weighted by molar-refractivity contribution is 6.48. The Hall–Kier alpha value is 0.500. The third kappa shape index (κ3) is 1.03. The zero-order valence-corrected chi connectivity index (χ0v) is 7.20. The van der Waals surface area contributed by atoms with Crippen LogP contribution in [-0.2, 0) is 0 Å². The third-order valence-corrected chi connectivity index (χ3v) is 2.97. The number of alkyl halides is 2. The summed E-state index contributed by atoms with van der Waals surface area (Å²) in [6, 6.07) is 0. The summed E-state index contributed by atoms with van der Waals surface area (Å²) in [4.78, 5) is 4.44. The molecule has 4 heteroatoms. The van der Waals surface area contributed by atoms with Gasteiger partial charge in [0.05, 0.1) is 0 Å². The number of hydrogen-bond donors (Lipinski definition) is 0. The van der Waals surface area contributed by atoms with Crippen molar-refractivity contribution in [3.05, 3.63) is 0 Å². The van der Waals surface area contributed by atoms with E-state index in [0.717, 1.165) is 32.7 Å². The van der Waals surface area contributed by atoms with Gasteiger partial charge in [0.1, 0.15) is 0 Å². The first kappa shape index (κ1) is 7.17. The Kier molecular flexibility index (Phi) is 1.61. The Balaban J connectivity index is 2.15. The monoisotopic (exact) mass is 180 g/mol. The molecule has 0 aromatic heterocycles. The molecule has 3 rings (SSSR count). The van der Waals surface area contributed by atoms with Crippen LogP contribution in [0.2, 0.25) is 0 Å². The summed E-state index contributed by atoms with van der Waals surface area (Å²) in [7, 11) is 0. The molecule has 58 valence electrons. The van der Waals surface area contributed by atoms with Gasteiger partial charge < -0.3 is 0 Å². The summed E-state index contributed by atoms with van der Waals surface area (Å²) in [5.41, 5.74) is 0. The number of nitrogens with zero attached hydrogens (tertiary/aromatic N) is 2. The van der Waals surface area contributed by atoms with Crippen molar-refractivity contribution in [1.82, 2.24) is 9.80 Å². The van der Waals surface area contributed by atoms with Crippen LogP contribution < -0.4 is 0 Å². The molecule has 0 amide bonds. The first-order chi connectivity index (χ1) is 4.68. The number of piperazine rings is 3. The van der Waals surface area contributed by atoms with Gasteiger partial charge in [0.2, 0.25) is 0 Å². The summed E-state index contributed by atoms with van der Waals surface area (Å²) in [5.74, 6) is 0. The van der Waals surface area contributed by atoms with E-state index in [-0.39, 0.29) is 0 Å². The van der Waals surface area contributed by atoms with Gasteiger partial charge in [0.25, 0.3) is 0 Å². The summed E-state index contributed by atoms with van der Waals surface area (Å²) >= 11 is 12.0. The fraction of sp³-hybridized carbons (Fsp3) is 1.00. The van der Waals surface area contributed by atoms with Gasteiger partial charge in [0.15, 0.2) is 4.46 Å². The maximum atomic E-state index is 6.02. The molecule has 0 aromatic rings. The lowest BCUT2D eigenvalue weighted by molar-refractivity contribution is 0.0284. The Bertz CT molecular complexity index is 141. The van der Waals surface area contributed by atoms with E-state index in [9.17, 15) is 0 Å². The van der Waals surface area contributed by atoms with Crippen molar-refractivity contribution in [3.63, 3.8) is 0 Å². The molecule has 3 heterocycles. The molecular formula is C6H10Cl2N2. The number of halogens is 2. The quantitative estimate of drug-likeness (QED) is 0.402. The second kappa shape index (κ2) is 2.24. The van der Waals surface area contributed by atoms with E-state index in [0.29, 0.717) is 0 Å². The second-order valence-electron chi connectivity index (χ2n) is 2.93. The minimum atomic E-state index is -0.601. The van der Waals surface area contributed by atoms with Gasteiger partial charge in [-0.2, -0.15) is 0 Å². The summed E-state index contributed by atoms with van der Waals surface area (Å²) in [6.45, 7) is 5.10. The molecule has 3 aliphatic rings. The molecule has 3 aliphatic heterocycles. The predicted molar refractivity (Wildman–Crippen MR) is 42.5 cm³/mol. The molecule has 2 bridgehead atoms. The molecule has 0 aliphatic carbocycles. The Labute approximate surface area is 70.7 Å². The van der Waals surface area contributed by atoms with Crippen LogP contribution in [0.1, 0.15) is 0 Å². The molecule has 3 fully saturated rings. The van der Waals surface area contributed by atoms with Gasteiger partial charge in [-0.15, -0.1) is 0 Å². The first-order valence-electron chi connectivity index (χ1n) is 3.54. The SMILES string of the molecule is ClC1(Cl)CN2CCN1CC2. The standard InChI is InChI=1S/C6H10Cl2N2/c7-6(8)5-9-1-3-10(6)4-2-9/h1-5H2. The van der Waals surface area contributed by atoms with Crippen LogP contribution in [0.25, 0.3) is 0 Å². The van der Waals surface area contributed by atoms with Crippen molar-refractivity contribution >= 4 is 23.2 Å². The maximum absolute atomic E-state index is 6.02. The van der Waals surface area contributed by atoms with Gasteiger partial charge >= 0.3 is 0 Å². The van der Waals surface area contributed by atoms with Crippen LogP contribution in [0, 0.1) is 0 Å². The zero-order valence-electron chi connectivity index (χ0n) is 5.69. The lowest BCUT2D eigenvalue weighted by atomic mass is 10.2. The van der Waals surface area contributed by atoms with E-state index in [4.69, 9.17) is 23.2 Å². The number of fused-ring (bicyclic) bond motifs is 3. The van der Waals surface area contributed by atoms with Crippen LogP contribution in [0.4, 0.5) is 0 Å². The van der Waals surface area contributed by atoms with Gasteiger partial charge in [-0.25, -0.2) is 0 Å². The predicted octanol–water partition coefficient (Wildman–Crippen LogP) is 0.749. The molecule has 2 nitrogen and oxygen atoms in total. The fourth-order valence-corrected chi connectivity index (χ4v) is 2.28. The van der Waals surface area contributed by atoms with Crippen molar-refractivity contribution < 1.29 is 0 Å². The molecule has 0 aromatic carbocycles. The summed E-state index contributed by atoms with van der Waals surface area (Å²) < 4.78 is -0.601. The van der Waals surface area contributed by atoms with E-state index in [2.05, 4.69) is 9.80 Å². The second-order valence-corrected chi connectivity index (χ2v) is 4.37. The number of hydrogen-bond acceptors (Lipinski definition) is 2. The molecule has 3 saturated heterocycles. The van der Waals surface area contributed by atoms with Gasteiger partial charge in [-0.3, -0.25) is 9.80 Å². The number of rotatable bonds is 0. The van der Waals surface area contributed by atoms with E-state index in [1.54, 1.807) is 0 Å². The van der Waals surface area contributed by atoms with Crippen molar-refractivity contribution in [2.45, 2.75) is 4.46 Å². The molecule has 0 atom stereocenters. The minimum absolute atomic E-state index is 0.601. The minimum Gasteiger partial charge on any atom is -0.296 e. The van der Waals surface area contributed by atoms with E-state index in [1.807, 2.05) is 0 Å². The molecular weight excluding hydrogens is 171 g/mol. The van der Waals surface area contributed by atoms with Crippen LogP contribution >= 0.6 is 23.2 Å². The fourth-order valence-electron chi connectivity index (χ4n) is 1.60. The smallest absolute Gasteiger partial charge is 0.184 e. The first-order valence-corrected chi connectivity index (χ1v) is 4.29. The zero-order chi connectivity index (χ0) is 7.19. The van der Waals surface area contributed by atoms with Crippen LogP contribution in [0.3, 0.4) is 0 Å². The molecule has 0 unspecified atom stereocenters. The highest BCUT2D eigenvalue weighted by atomic mass is 35.5. The highest BCUT2D eigenvalue weighted by Crippen LogP contribution is 2.32. The maximum Gasteiger partial charge on any atom is 0.184 e. The molecule has 10 heavy (non-hydrogen) atoms. The Morgan fingerprint density at radius 2 is 1.60 bits per heavy atom. The van der Waals surface area contributed by atoms with Crippen molar-refractivity contribution in [3.8, 4) is 0 Å². The normalized spacial score (nSPS) is 43.8. The highest BCUT2D eigenvalue weighted by Gasteiger charge is 2.41. The lowest BCUT2D eigenvalue weighted by Crippen LogP contribution is -2.63. The lowest BCUT2D eigenvalue weighted by Gasteiger charge is -2.49. The van der Waals surface area contributed by atoms with E-state index in [1.165, 1.54) is 0 Å². The molecule has 0 radical (unpaired) electrons. The van der Waals surface area contributed by atoms with Gasteiger partial charge in [0, 0.05) is 32.7 Å². The van der Waals surface area contributed by atoms with Crippen molar-refractivity contribution in [2.24, 2.45) is 0 Å². The van der Waals surface area contributed by atoms with Crippen LogP contribution in [0.15, 0.2) is 0 Å². The average Bonchev–Trinajstić information content (AvgIpc) is 1.87. The Morgan fingerprint density at radius 1 is 1.00 bits per heavy atom. The largest absolute Gasteiger partial charge is 0.296 e. The Morgan fingerprint density at radius 3 is 1.80 bits per heavy atom. The summed E-state index contributed by atoms with van der Waals surface area (Å²) in [6.07, 6.45) is 0. The molecule has 0 spiro atoms. The van der Waals surface area contributed by atoms with Crippen LogP contribution in [-0.4, -0.2) is 47.0 Å². The average molecular weight is 181 g/mol. The molecule has 0 saturated carbocycles. The van der Waals surface area contributed by atoms with E-state index < -0.39 is 4.46 Å². The van der Waals surface area contributed by atoms with E-state index >= 15 is 0 Å². The topological polar surface area (TPSA) is 6.48 Å². The van der Waals surface area contributed by atoms with Gasteiger partial charge in [-0.05, 0) is 0 Å². The van der Waals surface area contributed by atoms with Crippen molar-refractivity contribution in [2.75, 3.05) is 32.7 Å². The summed E-state index contributed by atoms with van der Waals surface area (Å²) in [5, 5.41) is 0. The van der Waals surface area contributed by atoms with Gasteiger partial charge in [-0.1, -0.05) is 23.2 Å². The van der Waals surface area contributed by atoms with Crippen molar-refractivity contribution in [1.29, 1.82) is 0 Å².